The Bertz CT molecular complexity index is 3300. The minimum Gasteiger partial charge on any atom is -0.208 e. The summed E-state index contributed by atoms with van der Waals surface area (Å²) in [7, 11) is 0. The maximum absolute atomic E-state index is 5.25. The predicted octanol–water partition coefficient (Wildman–Crippen LogP) is 15.4. The molecule has 0 saturated carbocycles. The first-order chi connectivity index (χ1) is 31.9. The van der Waals surface area contributed by atoms with Crippen molar-refractivity contribution in [1.82, 2.24) is 15.0 Å². The molecule has 65 heavy (non-hydrogen) atoms. The molecule has 1 spiro atoms. The van der Waals surface area contributed by atoms with Crippen molar-refractivity contribution in [3.63, 3.8) is 0 Å². The number of fused-ring (bicyclic) bond motifs is 8. The summed E-state index contributed by atoms with van der Waals surface area (Å²) in [6.45, 7) is 4.75. The summed E-state index contributed by atoms with van der Waals surface area (Å²) in [5.41, 5.74) is 16.9. The van der Waals surface area contributed by atoms with E-state index in [1.807, 2.05) is 23.9 Å². The maximum atomic E-state index is 5.25. The maximum Gasteiger partial charge on any atom is 0.164 e. The van der Waals surface area contributed by atoms with Crippen molar-refractivity contribution in [2.75, 3.05) is 0 Å². The number of rotatable bonds is 6. The van der Waals surface area contributed by atoms with Gasteiger partial charge >= 0.3 is 0 Å². The van der Waals surface area contributed by atoms with E-state index in [1.54, 1.807) is 0 Å². The quantitative estimate of drug-likeness (QED) is 0.167. The molecule has 9 aromatic carbocycles. The molecule has 0 saturated heterocycles. The van der Waals surface area contributed by atoms with Gasteiger partial charge in [-0.05, 0) is 103 Å². The highest BCUT2D eigenvalue weighted by molar-refractivity contribution is 7.99. The van der Waals surface area contributed by atoms with Gasteiger partial charge < -0.3 is 0 Å². The van der Waals surface area contributed by atoms with Crippen molar-refractivity contribution >= 4 is 11.8 Å². The number of hydrogen-bond donors (Lipinski definition) is 0. The molecule has 3 nitrogen and oxygen atoms in total. The highest BCUT2D eigenvalue weighted by atomic mass is 32.2. The molecule has 308 valence electrons. The average molecular weight is 850 g/mol. The number of aromatic nitrogens is 3. The molecule has 1 aliphatic carbocycles. The second-order valence-electron chi connectivity index (χ2n) is 17.6. The lowest BCUT2D eigenvalue weighted by molar-refractivity contribution is 0.549. The van der Waals surface area contributed by atoms with Crippen LogP contribution in [0.25, 0.3) is 67.5 Å². The second-order valence-corrected chi connectivity index (χ2v) is 18.6. The van der Waals surface area contributed by atoms with Gasteiger partial charge in [-0.2, -0.15) is 0 Å². The Hall–Kier alpha value is -7.66. The molecule has 2 heterocycles. The van der Waals surface area contributed by atoms with Crippen LogP contribution in [-0.2, 0) is 10.8 Å². The molecule has 4 heteroatoms. The van der Waals surface area contributed by atoms with E-state index in [4.69, 9.17) is 15.0 Å². The van der Waals surface area contributed by atoms with E-state index < -0.39 is 5.41 Å². The third-order valence-electron chi connectivity index (χ3n) is 13.4. The molecule has 12 rings (SSSR count). The molecule has 0 bridgehead atoms. The van der Waals surface area contributed by atoms with E-state index in [0.717, 1.165) is 50.1 Å². The van der Waals surface area contributed by atoms with E-state index in [-0.39, 0.29) is 5.41 Å². The van der Waals surface area contributed by atoms with Gasteiger partial charge in [0.25, 0.3) is 0 Å². The van der Waals surface area contributed by atoms with Gasteiger partial charge in [0.15, 0.2) is 17.5 Å². The summed E-state index contributed by atoms with van der Waals surface area (Å²) in [6, 6.07) is 81.0. The van der Waals surface area contributed by atoms with Crippen LogP contribution in [0.4, 0.5) is 0 Å². The summed E-state index contributed by atoms with van der Waals surface area (Å²) >= 11 is 1.87. The number of hydrogen-bond acceptors (Lipinski definition) is 4. The minimum atomic E-state index is -0.506. The molecule has 0 amide bonds. The highest BCUT2D eigenvalue weighted by Crippen LogP contribution is 2.61. The normalized spacial score (nSPS) is 13.9. The van der Waals surface area contributed by atoms with Crippen LogP contribution in [-0.4, -0.2) is 15.0 Å². The summed E-state index contributed by atoms with van der Waals surface area (Å²) in [4.78, 5) is 18.3. The first-order valence-corrected chi connectivity index (χ1v) is 23.1. The molecule has 0 unspecified atom stereocenters. The second kappa shape index (κ2) is 15.5. The molecule has 10 aromatic rings. The first kappa shape index (κ1) is 39.0. The lowest BCUT2D eigenvalue weighted by atomic mass is 9.54. The van der Waals surface area contributed by atoms with Gasteiger partial charge in [-0.3, -0.25) is 0 Å². The molecular weight excluding hydrogens is 807 g/mol. The van der Waals surface area contributed by atoms with Crippen molar-refractivity contribution < 1.29 is 0 Å². The van der Waals surface area contributed by atoms with E-state index >= 15 is 0 Å². The Morgan fingerprint density at radius 2 is 0.631 bits per heavy atom. The zero-order valence-corrected chi connectivity index (χ0v) is 36.9. The van der Waals surface area contributed by atoms with Crippen molar-refractivity contribution in [2.45, 2.75) is 34.5 Å². The standard InChI is InChI=1S/C61H43N3S/c1-60(2)49-28-9-11-30-51(49)61(52-31-12-10-29-50(52)60)53-32-13-14-33-55(53)65-56-35-34-45(39-54(56)61)44-24-17-27-48(38-44)59-63-57(46-25-15-22-42(36-46)40-18-5-3-6-19-40)62-58(64-59)47-26-16-23-43(37-47)41-20-7-4-8-21-41/h3-39H,1-2H3. The lowest BCUT2D eigenvalue weighted by Gasteiger charge is -2.50. The van der Waals surface area contributed by atoms with Crippen LogP contribution >= 0.6 is 11.8 Å². The Morgan fingerprint density at radius 3 is 1.12 bits per heavy atom. The van der Waals surface area contributed by atoms with E-state index in [1.165, 1.54) is 43.2 Å². The van der Waals surface area contributed by atoms with Gasteiger partial charge in [0.05, 0.1) is 5.41 Å². The fourth-order valence-electron chi connectivity index (χ4n) is 10.3. The predicted molar refractivity (Wildman–Crippen MR) is 267 cm³/mol. The molecule has 0 atom stereocenters. The van der Waals surface area contributed by atoms with Crippen molar-refractivity contribution in [1.29, 1.82) is 0 Å². The fraction of sp³-hybridized carbons (Fsp3) is 0.0656. The Balaban J connectivity index is 1.03. The van der Waals surface area contributed by atoms with Gasteiger partial charge in [-0.1, -0.05) is 214 Å². The van der Waals surface area contributed by atoms with Gasteiger partial charge in [-0.25, -0.2) is 15.0 Å². The zero-order valence-electron chi connectivity index (χ0n) is 36.1. The number of benzene rings is 9. The van der Waals surface area contributed by atoms with Crippen LogP contribution in [0.2, 0.25) is 0 Å². The van der Waals surface area contributed by atoms with E-state index in [9.17, 15) is 0 Å². The third kappa shape index (κ3) is 6.47. The third-order valence-corrected chi connectivity index (χ3v) is 14.6. The van der Waals surface area contributed by atoms with Gasteiger partial charge in [0.2, 0.25) is 0 Å². The molecule has 2 aliphatic rings. The van der Waals surface area contributed by atoms with Crippen molar-refractivity contribution in [2.24, 2.45) is 0 Å². The largest absolute Gasteiger partial charge is 0.208 e. The Kier molecular flexibility index (Phi) is 9.32. The van der Waals surface area contributed by atoms with Crippen LogP contribution in [0.1, 0.15) is 47.2 Å². The minimum absolute atomic E-state index is 0.169. The van der Waals surface area contributed by atoms with Gasteiger partial charge in [0.1, 0.15) is 0 Å². The highest BCUT2D eigenvalue weighted by Gasteiger charge is 2.52. The van der Waals surface area contributed by atoms with Crippen LogP contribution < -0.4 is 0 Å². The smallest absolute Gasteiger partial charge is 0.164 e. The Labute approximate surface area is 384 Å². The molecule has 0 fully saturated rings. The first-order valence-electron chi connectivity index (χ1n) is 22.3. The summed E-state index contributed by atoms with van der Waals surface area (Å²) in [5.74, 6) is 1.88. The van der Waals surface area contributed by atoms with Crippen molar-refractivity contribution in [3.8, 4) is 67.5 Å². The van der Waals surface area contributed by atoms with E-state index in [2.05, 4.69) is 226 Å². The monoisotopic (exact) mass is 849 g/mol. The Morgan fingerprint density at radius 1 is 0.277 bits per heavy atom. The lowest BCUT2D eigenvalue weighted by Crippen LogP contribution is -2.43. The SMILES string of the molecule is CC1(C)c2ccccc2C2(c3ccccc3Sc3ccc(-c4cccc(-c5nc(-c6cccc(-c7ccccc7)c6)nc(-c6cccc(-c7ccccc7)c6)n5)c4)cc32)c2ccccc21. The van der Waals surface area contributed by atoms with Gasteiger partial charge in [-0.15, -0.1) is 0 Å². The number of nitrogens with zero attached hydrogens (tertiary/aromatic N) is 3. The molecule has 1 aromatic heterocycles. The molecule has 0 radical (unpaired) electrons. The van der Waals surface area contributed by atoms with Crippen LogP contribution in [0.5, 0.6) is 0 Å². The summed E-state index contributed by atoms with van der Waals surface area (Å²) < 4.78 is 0. The van der Waals surface area contributed by atoms with Crippen molar-refractivity contribution in [3.05, 3.63) is 258 Å². The molecule has 0 N–H and O–H groups in total. The molecular formula is C61H43N3S. The molecule has 1 aliphatic heterocycles. The van der Waals surface area contributed by atoms with Gasteiger partial charge in [0, 0.05) is 31.9 Å². The fourth-order valence-corrected chi connectivity index (χ4v) is 11.5. The zero-order chi connectivity index (χ0) is 43.5. The van der Waals surface area contributed by atoms with Crippen LogP contribution in [0, 0.1) is 0 Å². The summed E-state index contributed by atoms with van der Waals surface area (Å²) in [5, 5.41) is 0. The van der Waals surface area contributed by atoms with Crippen LogP contribution in [0.15, 0.2) is 234 Å². The summed E-state index contributed by atoms with van der Waals surface area (Å²) in [6.07, 6.45) is 0. The van der Waals surface area contributed by atoms with E-state index in [0.29, 0.717) is 17.5 Å². The topological polar surface area (TPSA) is 38.7 Å². The van der Waals surface area contributed by atoms with Crippen LogP contribution in [0.3, 0.4) is 0 Å². The average Bonchev–Trinajstić information content (AvgIpc) is 3.38.